The maximum atomic E-state index is 13.3. The Labute approximate surface area is 176 Å². The number of carbonyl (C=O) groups is 1. The van der Waals surface area contributed by atoms with E-state index in [4.69, 9.17) is 0 Å². The van der Waals surface area contributed by atoms with Crippen LogP contribution in [0, 0.1) is 11.7 Å². The first kappa shape index (κ1) is 19.1. The Morgan fingerprint density at radius 1 is 1.03 bits per heavy atom. The lowest BCUT2D eigenvalue weighted by Gasteiger charge is -2.35. The van der Waals surface area contributed by atoms with Crippen molar-refractivity contribution in [3.63, 3.8) is 0 Å². The minimum absolute atomic E-state index is 0.157. The van der Waals surface area contributed by atoms with Crippen LogP contribution in [-0.4, -0.2) is 47.9 Å². The summed E-state index contributed by atoms with van der Waals surface area (Å²) in [5, 5.41) is 2.89. The van der Waals surface area contributed by atoms with Crippen molar-refractivity contribution in [3.8, 4) is 0 Å². The Bertz CT molecular complexity index is 1050. The predicted molar refractivity (Wildman–Crippen MR) is 116 cm³/mol. The van der Waals surface area contributed by atoms with Gasteiger partial charge in [0.25, 0.3) is 5.91 Å². The third-order valence-corrected chi connectivity index (χ3v) is 6.14. The molecule has 2 aromatic heterocycles. The summed E-state index contributed by atoms with van der Waals surface area (Å²) in [6.07, 6.45) is 4.70. The zero-order valence-corrected chi connectivity index (χ0v) is 17.1. The van der Waals surface area contributed by atoms with Crippen LogP contribution in [0.15, 0.2) is 54.7 Å². The number of aromatic nitrogens is 1. The van der Waals surface area contributed by atoms with Gasteiger partial charge in [0.2, 0.25) is 0 Å². The number of nitrogens with zero attached hydrogens (tertiary/aromatic N) is 3. The van der Waals surface area contributed by atoms with E-state index in [0.717, 1.165) is 49.0 Å². The van der Waals surface area contributed by atoms with Crippen LogP contribution in [0.2, 0.25) is 0 Å². The first-order valence-corrected chi connectivity index (χ1v) is 10.8. The van der Waals surface area contributed by atoms with E-state index >= 15 is 0 Å². The summed E-state index contributed by atoms with van der Waals surface area (Å²) < 4.78 is 15.4. The van der Waals surface area contributed by atoms with Crippen molar-refractivity contribution in [1.29, 1.82) is 0 Å². The van der Waals surface area contributed by atoms with Gasteiger partial charge in [0.05, 0.1) is 5.56 Å². The molecule has 0 bridgehead atoms. The molecule has 1 saturated heterocycles. The number of fused-ring (bicyclic) bond motifs is 1. The first-order chi connectivity index (χ1) is 14.7. The van der Waals surface area contributed by atoms with Crippen molar-refractivity contribution in [2.24, 2.45) is 5.92 Å². The first-order valence-electron chi connectivity index (χ1n) is 10.8. The number of nitrogens with one attached hydrogen (secondary N) is 1. The van der Waals surface area contributed by atoms with Crippen LogP contribution in [0.3, 0.4) is 0 Å². The SMILES string of the molecule is O=C(NCc1cccc(F)c1)c1ccc2ccc(N3CCN(CC4CC4)CC3)n2c1. The minimum atomic E-state index is -0.294. The Morgan fingerprint density at radius 2 is 1.83 bits per heavy atom. The van der Waals surface area contributed by atoms with Gasteiger partial charge in [-0.1, -0.05) is 12.1 Å². The third-order valence-electron chi connectivity index (χ3n) is 6.14. The Morgan fingerprint density at radius 3 is 2.60 bits per heavy atom. The Kier molecular flexibility index (Phi) is 5.17. The van der Waals surface area contributed by atoms with Gasteiger partial charge in [-0.25, -0.2) is 4.39 Å². The fraction of sp³-hybridized carbons (Fsp3) is 0.375. The van der Waals surface area contributed by atoms with Crippen molar-refractivity contribution < 1.29 is 9.18 Å². The third kappa shape index (κ3) is 4.19. The molecule has 1 aliphatic heterocycles. The van der Waals surface area contributed by atoms with Crippen LogP contribution < -0.4 is 10.2 Å². The molecule has 1 amide bonds. The fourth-order valence-electron chi connectivity index (χ4n) is 4.24. The highest BCUT2D eigenvalue weighted by Gasteiger charge is 2.27. The average molecular weight is 407 g/mol. The van der Waals surface area contributed by atoms with E-state index in [1.165, 1.54) is 31.5 Å². The molecule has 2 fully saturated rings. The van der Waals surface area contributed by atoms with Gasteiger partial charge in [-0.3, -0.25) is 9.69 Å². The highest BCUT2D eigenvalue weighted by Crippen LogP contribution is 2.30. The smallest absolute Gasteiger partial charge is 0.253 e. The zero-order valence-electron chi connectivity index (χ0n) is 17.1. The second-order valence-corrected chi connectivity index (χ2v) is 8.45. The number of carbonyl (C=O) groups excluding carboxylic acids is 1. The topological polar surface area (TPSA) is 40.0 Å². The maximum Gasteiger partial charge on any atom is 0.253 e. The van der Waals surface area contributed by atoms with Gasteiger partial charge in [-0.2, -0.15) is 0 Å². The summed E-state index contributed by atoms with van der Waals surface area (Å²) in [5.74, 6) is 1.61. The second kappa shape index (κ2) is 8.11. The molecule has 1 aromatic carbocycles. The lowest BCUT2D eigenvalue weighted by molar-refractivity contribution is 0.0950. The van der Waals surface area contributed by atoms with E-state index in [1.54, 1.807) is 12.1 Å². The standard InChI is InChI=1S/C24H27FN4O/c25-21-3-1-2-19(14-21)15-26-24(30)20-6-7-22-8-9-23(29(22)17-20)28-12-10-27(11-13-28)16-18-4-5-18/h1-3,6-9,14,17-18H,4-5,10-13,15-16H2,(H,26,30). The number of anilines is 1. The molecule has 0 radical (unpaired) electrons. The van der Waals surface area contributed by atoms with Gasteiger partial charge in [0.15, 0.2) is 0 Å². The van der Waals surface area contributed by atoms with Gasteiger partial charge in [0, 0.05) is 51.0 Å². The Balaban J connectivity index is 1.27. The van der Waals surface area contributed by atoms with Crippen molar-refractivity contribution >= 4 is 17.2 Å². The van der Waals surface area contributed by atoms with E-state index in [2.05, 4.69) is 31.7 Å². The molecule has 3 aromatic rings. The van der Waals surface area contributed by atoms with E-state index in [-0.39, 0.29) is 11.7 Å². The summed E-state index contributed by atoms with van der Waals surface area (Å²) in [6.45, 7) is 5.76. The van der Waals surface area contributed by atoms with Crippen LogP contribution in [0.1, 0.15) is 28.8 Å². The van der Waals surface area contributed by atoms with Crippen LogP contribution in [-0.2, 0) is 6.54 Å². The zero-order chi connectivity index (χ0) is 20.5. The van der Waals surface area contributed by atoms with Gasteiger partial charge in [-0.05, 0) is 60.7 Å². The number of benzene rings is 1. The molecule has 0 unspecified atom stereocenters. The Hall–Kier alpha value is -2.86. The van der Waals surface area contributed by atoms with Crippen molar-refractivity contribution in [2.75, 3.05) is 37.6 Å². The molecule has 30 heavy (non-hydrogen) atoms. The van der Waals surface area contributed by atoms with Crippen molar-refractivity contribution in [3.05, 3.63) is 71.7 Å². The van der Waals surface area contributed by atoms with Gasteiger partial charge >= 0.3 is 0 Å². The molecule has 3 heterocycles. The molecule has 5 rings (SSSR count). The summed E-state index contributed by atoms with van der Waals surface area (Å²) in [6, 6.07) is 14.4. The number of hydrogen-bond donors (Lipinski definition) is 1. The molecular formula is C24H27FN4O. The normalized spacial score (nSPS) is 17.4. The number of piperazine rings is 1. The summed E-state index contributed by atoms with van der Waals surface area (Å²) in [7, 11) is 0. The maximum absolute atomic E-state index is 13.3. The summed E-state index contributed by atoms with van der Waals surface area (Å²) in [5.41, 5.74) is 2.42. The number of amides is 1. The van der Waals surface area contributed by atoms with Crippen LogP contribution in [0.25, 0.3) is 5.52 Å². The predicted octanol–water partition coefficient (Wildman–Crippen LogP) is 3.54. The minimum Gasteiger partial charge on any atom is -0.355 e. The quantitative estimate of drug-likeness (QED) is 0.681. The number of rotatable bonds is 6. The van der Waals surface area contributed by atoms with E-state index in [0.29, 0.717) is 12.1 Å². The lowest BCUT2D eigenvalue weighted by atomic mass is 10.2. The van der Waals surface area contributed by atoms with Gasteiger partial charge in [-0.15, -0.1) is 0 Å². The van der Waals surface area contributed by atoms with Crippen LogP contribution in [0.4, 0.5) is 10.2 Å². The van der Waals surface area contributed by atoms with Gasteiger partial charge < -0.3 is 14.6 Å². The molecule has 2 aliphatic rings. The molecule has 0 spiro atoms. The fourth-order valence-corrected chi connectivity index (χ4v) is 4.24. The van der Waals surface area contributed by atoms with Crippen LogP contribution >= 0.6 is 0 Å². The summed E-state index contributed by atoms with van der Waals surface area (Å²) >= 11 is 0. The van der Waals surface area contributed by atoms with Crippen molar-refractivity contribution in [2.45, 2.75) is 19.4 Å². The summed E-state index contributed by atoms with van der Waals surface area (Å²) in [4.78, 5) is 17.7. The molecular weight excluding hydrogens is 379 g/mol. The molecule has 156 valence electrons. The number of hydrogen-bond acceptors (Lipinski definition) is 3. The highest BCUT2D eigenvalue weighted by molar-refractivity contribution is 5.94. The largest absolute Gasteiger partial charge is 0.355 e. The molecule has 1 saturated carbocycles. The lowest BCUT2D eigenvalue weighted by Crippen LogP contribution is -2.47. The van der Waals surface area contributed by atoms with Crippen LogP contribution in [0.5, 0.6) is 0 Å². The highest BCUT2D eigenvalue weighted by atomic mass is 19.1. The molecule has 1 N–H and O–H groups in total. The van der Waals surface area contributed by atoms with Gasteiger partial charge in [0.1, 0.15) is 11.6 Å². The van der Waals surface area contributed by atoms with E-state index < -0.39 is 0 Å². The van der Waals surface area contributed by atoms with E-state index in [1.807, 2.05) is 18.3 Å². The number of pyridine rings is 1. The van der Waals surface area contributed by atoms with Crippen molar-refractivity contribution in [1.82, 2.24) is 14.6 Å². The van der Waals surface area contributed by atoms with E-state index in [9.17, 15) is 9.18 Å². The monoisotopic (exact) mass is 406 g/mol. The number of halogens is 1. The molecule has 6 heteroatoms. The molecule has 1 aliphatic carbocycles. The average Bonchev–Trinajstić information content (AvgIpc) is 3.48. The molecule has 5 nitrogen and oxygen atoms in total. The second-order valence-electron chi connectivity index (χ2n) is 8.45. The molecule has 0 atom stereocenters.